The molecule has 2 heterocycles. The molecule has 18 heteroatoms. The molecule has 2 amide bonds. The van der Waals surface area contributed by atoms with Crippen LogP contribution < -0.4 is 26.3 Å². The number of nitrogens with zero attached hydrogens (tertiary/aromatic N) is 2. The first-order valence-electron chi connectivity index (χ1n) is 22.4. The van der Waals surface area contributed by atoms with Crippen molar-refractivity contribution in [2.24, 2.45) is 4.99 Å². The summed E-state index contributed by atoms with van der Waals surface area (Å²) in [6.07, 6.45) is 0. The number of rotatable bonds is 13. The van der Waals surface area contributed by atoms with E-state index in [1.165, 1.54) is 60.7 Å². The van der Waals surface area contributed by atoms with E-state index in [-0.39, 0.29) is 90.1 Å². The van der Waals surface area contributed by atoms with Gasteiger partial charge in [-0.1, -0.05) is 35.3 Å². The Kier molecular flexibility index (Phi) is 13.2. The minimum absolute atomic E-state index is 0.00247. The van der Waals surface area contributed by atoms with Crippen molar-refractivity contribution in [2.45, 2.75) is 20.0 Å². The molecular weight excluding hydrogens is 980 g/mol. The average Bonchev–Trinajstić information content (AvgIpc) is 3.36. The van der Waals surface area contributed by atoms with Gasteiger partial charge in [-0.2, -0.15) is 0 Å². The molecule has 2 aliphatic carbocycles. The Balaban J connectivity index is 0.975. The molecule has 16 nitrogen and oxygen atoms in total. The van der Waals surface area contributed by atoms with Crippen LogP contribution in [0.5, 0.6) is 5.75 Å². The van der Waals surface area contributed by atoms with Gasteiger partial charge in [0.15, 0.2) is 5.43 Å². The maximum atomic E-state index is 13.8. The summed E-state index contributed by atoms with van der Waals surface area (Å²) in [6.45, 7) is 2.04. The first-order valence-corrected chi connectivity index (χ1v) is 23.1. The average molecular weight is 1020 g/mol. The SMILES string of the molecule is CCN=c1ccc2c(-c3c(Cl)cc(C(=O)NCc4ccc(C(=O)NCc5c(O)ccc6c(-c7cc(C(=O)O)ccc7C(=O)O)c7ccc(=O)cc-7oc56)cc4)c(Cl)c3C(=O)O)c3ccc(N(C)C)cc3oc-2c1. The van der Waals surface area contributed by atoms with Gasteiger partial charge in [-0.25, -0.2) is 14.4 Å². The highest BCUT2D eigenvalue weighted by molar-refractivity contribution is 6.41. The minimum Gasteiger partial charge on any atom is -0.507 e. The van der Waals surface area contributed by atoms with Crippen molar-refractivity contribution in [3.05, 3.63) is 180 Å². The summed E-state index contributed by atoms with van der Waals surface area (Å²) >= 11 is 13.8. The molecule has 5 aromatic rings. The third kappa shape index (κ3) is 9.28. The number of benzene rings is 7. The van der Waals surface area contributed by atoms with E-state index in [9.17, 15) is 49.2 Å². The molecule has 0 atom stereocenters. The summed E-state index contributed by atoms with van der Waals surface area (Å²) in [5.74, 6) is -5.24. The van der Waals surface area contributed by atoms with Gasteiger partial charge in [0.25, 0.3) is 11.8 Å². The number of aromatic carboxylic acids is 3. The van der Waals surface area contributed by atoms with E-state index in [1.807, 2.05) is 44.1 Å². The Bertz CT molecular complexity index is 3860. The van der Waals surface area contributed by atoms with Gasteiger partial charge in [0, 0.05) is 95.2 Å². The van der Waals surface area contributed by atoms with Crippen LogP contribution in [0.25, 0.3) is 66.8 Å². The van der Waals surface area contributed by atoms with Gasteiger partial charge in [0.2, 0.25) is 0 Å². The first kappa shape index (κ1) is 49.0. The number of carboxylic acids is 3. The molecule has 0 fully saturated rings. The van der Waals surface area contributed by atoms with Crippen molar-refractivity contribution >= 4 is 80.6 Å². The molecule has 9 rings (SSSR count). The number of carbonyl (C=O) groups excluding carboxylic acids is 2. The van der Waals surface area contributed by atoms with E-state index >= 15 is 0 Å². The van der Waals surface area contributed by atoms with Gasteiger partial charge in [-0.3, -0.25) is 19.4 Å². The van der Waals surface area contributed by atoms with Crippen LogP contribution in [0, 0.1) is 0 Å². The van der Waals surface area contributed by atoms with Gasteiger partial charge >= 0.3 is 17.9 Å². The van der Waals surface area contributed by atoms with Crippen LogP contribution in [0.15, 0.2) is 134 Å². The van der Waals surface area contributed by atoms with Crippen LogP contribution in [0.3, 0.4) is 0 Å². The lowest BCUT2D eigenvalue weighted by Gasteiger charge is -2.21. The standard InChI is InChI=1S/C55H40Cl2N4O12/c1-4-58-29-10-14-34-42(20-29)72-43-21-30(61(2)3)11-15-35(43)46(34)47-40(56)23-38(49(57)48(47)55(70)71)52(65)59-24-26-5-7-27(8-6-26)51(64)60-25-39-41(63)18-17-36-45(33-16-12-31(62)22-44(33)73-50(36)39)37-19-28(53(66)67)9-13-32(37)54(68)69/h5-23,63H,4,24-25H2,1-3H3,(H,59,65)(H,60,64)(H,66,67)(H,68,69)(H,70,71). The van der Waals surface area contributed by atoms with Crippen molar-refractivity contribution < 1.29 is 53.2 Å². The molecule has 73 heavy (non-hydrogen) atoms. The number of halogens is 2. The Morgan fingerprint density at radius 2 is 1.32 bits per heavy atom. The highest BCUT2D eigenvalue weighted by Gasteiger charge is 2.30. The smallest absolute Gasteiger partial charge is 0.337 e. The fraction of sp³-hybridized carbons (Fsp3) is 0.109. The van der Waals surface area contributed by atoms with E-state index in [1.54, 1.807) is 30.3 Å². The topological polar surface area (TPSA) is 249 Å². The molecule has 0 spiro atoms. The Morgan fingerprint density at radius 3 is 2.01 bits per heavy atom. The number of carbonyl (C=O) groups is 5. The second-order valence-corrected chi connectivity index (χ2v) is 17.8. The van der Waals surface area contributed by atoms with E-state index in [0.29, 0.717) is 50.9 Å². The predicted octanol–water partition coefficient (Wildman–Crippen LogP) is 10.0. The fourth-order valence-electron chi connectivity index (χ4n) is 8.77. The number of phenolic OH excluding ortho intramolecular Hbond substituents is 1. The second kappa shape index (κ2) is 19.7. The number of aromatic hydroxyl groups is 1. The van der Waals surface area contributed by atoms with E-state index in [4.69, 9.17) is 32.0 Å². The zero-order valence-corrected chi connectivity index (χ0v) is 40.3. The summed E-state index contributed by atoms with van der Waals surface area (Å²) < 4.78 is 12.5. The number of carboxylic acid groups (broad SMARTS) is 3. The molecular formula is C55H40Cl2N4O12. The summed E-state index contributed by atoms with van der Waals surface area (Å²) in [5, 5.41) is 48.3. The summed E-state index contributed by atoms with van der Waals surface area (Å²) in [6, 6.07) is 28.5. The van der Waals surface area contributed by atoms with Gasteiger partial charge in [0.1, 0.15) is 28.4 Å². The van der Waals surface area contributed by atoms with Crippen LogP contribution >= 0.6 is 23.2 Å². The van der Waals surface area contributed by atoms with Crippen molar-refractivity contribution in [1.29, 1.82) is 0 Å². The molecule has 0 saturated carbocycles. The number of nitrogens with one attached hydrogen (secondary N) is 2. The molecule has 0 saturated heterocycles. The lowest BCUT2D eigenvalue weighted by molar-refractivity contribution is 0.0682. The van der Waals surface area contributed by atoms with Gasteiger partial charge in [-0.05, 0) is 103 Å². The van der Waals surface area contributed by atoms with Gasteiger partial charge in [-0.15, -0.1) is 0 Å². The van der Waals surface area contributed by atoms with Crippen molar-refractivity contribution in [1.82, 2.24) is 10.6 Å². The number of fused-ring (bicyclic) bond motifs is 4. The molecule has 5 aromatic carbocycles. The van der Waals surface area contributed by atoms with Crippen molar-refractivity contribution in [3.63, 3.8) is 0 Å². The fourth-order valence-corrected chi connectivity index (χ4v) is 9.38. The van der Waals surface area contributed by atoms with E-state index < -0.39 is 40.7 Å². The zero-order chi connectivity index (χ0) is 52.0. The quantitative estimate of drug-likeness (QED) is 0.0589. The van der Waals surface area contributed by atoms with Crippen LogP contribution in [-0.4, -0.2) is 70.8 Å². The number of hydrogen-bond donors (Lipinski definition) is 6. The molecule has 0 radical (unpaired) electrons. The number of phenols is 1. The number of anilines is 1. The van der Waals surface area contributed by atoms with Gasteiger partial charge in [0.05, 0.1) is 49.8 Å². The first-order chi connectivity index (χ1) is 34.9. The van der Waals surface area contributed by atoms with Crippen LogP contribution in [0.4, 0.5) is 5.69 Å². The largest absolute Gasteiger partial charge is 0.507 e. The van der Waals surface area contributed by atoms with E-state index in [0.717, 1.165) is 11.8 Å². The highest BCUT2D eigenvalue weighted by atomic mass is 35.5. The van der Waals surface area contributed by atoms with Crippen molar-refractivity contribution in [3.8, 4) is 50.7 Å². The molecule has 0 unspecified atom stereocenters. The molecule has 0 bridgehead atoms. The maximum Gasteiger partial charge on any atom is 0.337 e. The minimum atomic E-state index is -1.42. The van der Waals surface area contributed by atoms with Crippen LogP contribution in [0.1, 0.15) is 69.8 Å². The lowest BCUT2D eigenvalue weighted by Crippen LogP contribution is -2.24. The molecule has 366 valence electrons. The number of amides is 2. The lowest BCUT2D eigenvalue weighted by atomic mass is 9.89. The Morgan fingerprint density at radius 1 is 0.630 bits per heavy atom. The van der Waals surface area contributed by atoms with E-state index in [2.05, 4.69) is 15.6 Å². The molecule has 0 aromatic heterocycles. The summed E-state index contributed by atoms with van der Waals surface area (Å²) in [4.78, 5) is 83.8. The second-order valence-electron chi connectivity index (χ2n) is 17.0. The monoisotopic (exact) mass is 1020 g/mol. The number of hydrogen-bond acceptors (Lipinski definition) is 11. The molecule has 4 aliphatic rings. The summed E-state index contributed by atoms with van der Waals surface area (Å²) in [7, 11) is 3.76. The zero-order valence-electron chi connectivity index (χ0n) is 38.8. The summed E-state index contributed by atoms with van der Waals surface area (Å²) in [5.41, 5.74) is 2.24. The molecule has 2 aliphatic heterocycles. The normalized spacial score (nSPS) is 11.6. The maximum absolute atomic E-state index is 13.8. The van der Waals surface area contributed by atoms with Crippen molar-refractivity contribution in [2.75, 3.05) is 25.5 Å². The highest BCUT2D eigenvalue weighted by Crippen LogP contribution is 2.48. The predicted molar refractivity (Wildman–Crippen MR) is 275 cm³/mol. The van der Waals surface area contributed by atoms with Crippen LogP contribution in [-0.2, 0) is 13.1 Å². The molecule has 6 N–H and O–H groups in total. The van der Waals surface area contributed by atoms with Crippen LogP contribution in [0.2, 0.25) is 10.0 Å². The third-order valence-corrected chi connectivity index (χ3v) is 13.0. The third-order valence-electron chi connectivity index (χ3n) is 12.3. The van der Waals surface area contributed by atoms with Gasteiger partial charge < -0.3 is 44.8 Å². The Hall–Kier alpha value is -8.99. The Labute approximate surface area is 423 Å².